The third-order valence-electron chi connectivity index (χ3n) is 3.71. The SMILES string of the molecule is CNC(=O)CC(C)c1[nH]nc2cccc(-c3ccc(F)s3)c12. The number of carbonyl (C=O) groups excluding carboxylic acids is 1. The molecule has 0 radical (unpaired) electrons. The van der Waals surface area contributed by atoms with Gasteiger partial charge in [-0.3, -0.25) is 9.89 Å². The number of hydrogen-bond acceptors (Lipinski definition) is 3. The average molecular weight is 317 g/mol. The summed E-state index contributed by atoms with van der Waals surface area (Å²) in [5, 5.41) is 10.7. The number of fused-ring (bicyclic) bond motifs is 1. The van der Waals surface area contributed by atoms with Crippen molar-refractivity contribution in [3.8, 4) is 10.4 Å². The van der Waals surface area contributed by atoms with Gasteiger partial charge >= 0.3 is 0 Å². The van der Waals surface area contributed by atoms with Crippen LogP contribution >= 0.6 is 11.3 Å². The number of aromatic nitrogens is 2. The summed E-state index contributed by atoms with van der Waals surface area (Å²) in [4.78, 5) is 12.5. The maximum absolute atomic E-state index is 13.4. The van der Waals surface area contributed by atoms with Crippen molar-refractivity contribution in [3.63, 3.8) is 0 Å². The van der Waals surface area contributed by atoms with Gasteiger partial charge in [0.05, 0.1) is 5.52 Å². The summed E-state index contributed by atoms with van der Waals surface area (Å²) in [5.41, 5.74) is 2.67. The first kappa shape index (κ1) is 14.7. The second-order valence-corrected chi connectivity index (χ2v) is 6.25. The van der Waals surface area contributed by atoms with Crippen molar-refractivity contribution >= 4 is 28.1 Å². The average Bonchev–Trinajstić information content (AvgIpc) is 3.12. The molecular weight excluding hydrogens is 301 g/mol. The zero-order valence-corrected chi connectivity index (χ0v) is 13.1. The molecule has 0 aliphatic heterocycles. The number of nitrogens with zero attached hydrogens (tertiary/aromatic N) is 1. The van der Waals surface area contributed by atoms with Crippen LogP contribution < -0.4 is 5.32 Å². The number of benzene rings is 1. The highest BCUT2D eigenvalue weighted by Crippen LogP contribution is 2.36. The number of aromatic amines is 1. The van der Waals surface area contributed by atoms with Crippen molar-refractivity contribution in [1.82, 2.24) is 15.5 Å². The molecule has 3 aromatic rings. The van der Waals surface area contributed by atoms with Crippen molar-refractivity contribution < 1.29 is 9.18 Å². The molecule has 0 saturated carbocycles. The Balaban J connectivity index is 2.10. The van der Waals surface area contributed by atoms with Crippen LogP contribution in [0.3, 0.4) is 0 Å². The van der Waals surface area contributed by atoms with E-state index in [9.17, 15) is 9.18 Å². The van der Waals surface area contributed by atoms with E-state index in [0.717, 1.165) is 38.4 Å². The van der Waals surface area contributed by atoms with Crippen LogP contribution in [0.2, 0.25) is 0 Å². The Kier molecular flexibility index (Phi) is 3.94. The smallest absolute Gasteiger partial charge is 0.220 e. The fourth-order valence-corrected chi connectivity index (χ4v) is 3.36. The number of thiophene rings is 1. The van der Waals surface area contributed by atoms with Crippen LogP contribution in [0.15, 0.2) is 30.3 Å². The van der Waals surface area contributed by atoms with Gasteiger partial charge in [0.25, 0.3) is 0 Å². The van der Waals surface area contributed by atoms with E-state index in [4.69, 9.17) is 0 Å². The molecule has 2 heterocycles. The first-order valence-electron chi connectivity index (χ1n) is 7.03. The molecule has 0 aliphatic carbocycles. The van der Waals surface area contributed by atoms with Crippen LogP contribution in [0, 0.1) is 5.13 Å². The highest BCUT2D eigenvalue weighted by Gasteiger charge is 2.19. The summed E-state index contributed by atoms with van der Waals surface area (Å²) in [6.07, 6.45) is 0.376. The molecule has 4 nitrogen and oxygen atoms in total. The highest BCUT2D eigenvalue weighted by molar-refractivity contribution is 7.14. The molecule has 2 aromatic heterocycles. The lowest BCUT2D eigenvalue weighted by atomic mass is 9.97. The lowest BCUT2D eigenvalue weighted by molar-refractivity contribution is -0.120. The molecule has 0 saturated heterocycles. The molecule has 0 aliphatic rings. The quantitative estimate of drug-likeness (QED) is 0.771. The number of H-pyrrole nitrogens is 1. The Morgan fingerprint density at radius 1 is 1.41 bits per heavy atom. The van der Waals surface area contributed by atoms with Gasteiger partial charge in [0.2, 0.25) is 5.91 Å². The van der Waals surface area contributed by atoms with Gasteiger partial charge in [0, 0.05) is 40.9 Å². The number of rotatable bonds is 4. The Morgan fingerprint density at radius 3 is 2.91 bits per heavy atom. The molecule has 1 atom stereocenters. The predicted molar refractivity (Wildman–Crippen MR) is 86.5 cm³/mol. The molecular formula is C16H16FN3OS. The lowest BCUT2D eigenvalue weighted by Gasteiger charge is -2.10. The van der Waals surface area contributed by atoms with E-state index >= 15 is 0 Å². The monoisotopic (exact) mass is 317 g/mol. The van der Waals surface area contributed by atoms with Gasteiger partial charge in [0.1, 0.15) is 0 Å². The zero-order chi connectivity index (χ0) is 15.7. The van der Waals surface area contributed by atoms with Crippen molar-refractivity contribution in [2.45, 2.75) is 19.3 Å². The van der Waals surface area contributed by atoms with Crippen LogP contribution in [0.25, 0.3) is 21.3 Å². The Hall–Kier alpha value is -2.21. The minimum atomic E-state index is -0.213. The molecule has 1 unspecified atom stereocenters. The van der Waals surface area contributed by atoms with E-state index in [1.165, 1.54) is 6.07 Å². The summed E-state index contributed by atoms with van der Waals surface area (Å²) >= 11 is 1.11. The minimum Gasteiger partial charge on any atom is -0.359 e. The van der Waals surface area contributed by atoms with Gasteiger partial charge in [0.15, 0.2) is 5.13 Å². The second kappa shape index (κ2) is 5.88. The van der Waals surface area contributed by atoms with Gasteiger partial charge < -0.3 is 5.32 Å². The lowest BCUT2D eigenvalue weighted by Crippen LogP contribution is -2.19. The first-order valence-corrected chi connectivity index (χ1v) is 7.85. The van der Waals surface area contributed by atoms with E-state index < -0.39 is 0 Å². The van der Waals surface area contributed by atoms with Gasteiger partial charge in [-0.15, -0.1) is 11.3 Å². The Labute approximate surface area is 131 Å². The maximum Gasteiger partial charge on any atom is 0.220 e. The van der Waals surface area contributed by atoms with Gasteiger partial charge in [-0.05, 0) is 18.2 Å². The van der Waals surface area contributed by atoms with E-state index in [2.05, 4.69) is 15.5 Å². The molecule has 6 heteroatoms. The zero-order valence-electron chi connectivity index (χ0n) is 12.3. The molecule has 2 N–H and O–H groups in total. The van der Waals surface area contributed by atoms with Crippen LogP contribution in [-0.2, 0) is 4.79 Å². The number of halogens is 1. The predicted octanol–water partition coefficient (Wildman–Crippen LogP) is 3.67. The summed E-state index contributed by atoms with van der Waals surface area (Å²) < 4.78 is 13.4. The van der Waals surface area contributed by atoms with Crippen LogP contribution in [0.4, 0.5) is 4.39 Å². The van der Waals surface area contributed by atoms with Crippen molar-refractivity contribution in [3.05, 3.63) is 41.2 Å². The van der Waals surface area contributed by atoms with Gasteiger partial charge in [-0.25, -0.2) is 0 Å². The number of hydrogen-bond donors (Lipinski definition) is 2. The fourth-order valence-electron chi connectivity index (χ4n) is 2.60. The molecule has 1 aromatic carbocycles. The largest absolute Gasteiger partial charge is 0.359 e. The summed E-state index contributed by atoms with van der Waals surface area (Å²) in [7, 11) is 1.62. The normalized spacial score (nSPS) is 12.5. The molecule has 0 fully saturated rings. The summed E-state index contributed by atoms with van der Waals surface area (Å²) in [5.74, 6) is -0.0224. The molecule has 0 bridgehead atoms. The van der Waals surface area contributed by atoms with Crippen LogP contribution in [-0.4, -0.2) is 23.2 Å². The van der Waals surface area contributed by atoms with E-state index in [-0.39, 0.29) is 17.0 Å². The fraction of sp³-hybridized carbons (Fsp3) is 0.250. The summed E-state index contributed by atoms with van der Waals surface area (Å²) in [6, 6.07) is 9.01. The van der Waals surface area contributed by atoms with E-state index in [1.807, 2.05) is 25.1 Å². The van der Waals surface area contributed by atoms with E-state index in [0.29, 0.717) is 6.42 Å². The van der Waals surface area contributed by atoms with Crippen molar-refractivity contribution in [1.29, 1.82) is 0 Å². The second-order valence-electron chi connectivity index (χ2n) is 5.22. The van der Waals surface area contributed by atoms with Gasteiger partial charge in [-0.2, -0.15) is 9.49 Å². The van der Waals surface area contributed by atoms with Crippen molar-refractivity contribution in [2.24, 2.45) is 0 Å². The third kappa shape index (κ3) is 2.62. The topological polar surface area (TPSA) is 57.8 Å². The molecule has 114 valence electrons. The standard InChI is InChI=1S/C16H16FN3OS/c1-9(8-14(21)18-2)16-15-10(12-6-7-13(17)22-12)4-3-5-11(15)19-20-16/h3-7,9H,8H2,1-2H3,(H,18,21)(H,19,20). The first-order chi connectivity index (χ1) is 10.6. The third-order valence-corrected chi connectivity index (χ3v) is 4.62. The van der Waals surface area contributed by atoms with Crippen LogP contribution in [0.5, 0.6) is 0 Å². The van der Waals surface area contributed by atoms with E-state index in [1.54, 1.807) is 13.1 Å². The number of carbonyl (C=O) groups is 1. The maximum atomic E-state index is 13.4. The molecule has 22 heavy (non-hydrogen) atoms. The number of amides is 1. The molecule has 3 rings (SSSR count). The highest BCUT2D eigenvalue weighted by atomic mass is 32.1. The van der Waals surface area contributed by atoms with Gasteiger partial charge in [-0.1, -0.05) is 19.1 Å². The van der Waals surface area contributed by atoms with Crippen LogP contribution in [0.1, 0.15) is 25.0 Å². The Bertz CT molecular complexity index is 824. The molecule has 1 amide bonds. The Morgan fingerprint density at radius 2 is 2.23 bits per heavy atom. The molecule has 0 spiro atoms. The van der Waals surface area contributed by atoms with Crippen molar-refractivity contribution in [2.75, 3.05) is 7.05 Å². The summed E-state index contributed by atoms with van der Waals surface area (Å²) in [6.45, 7) is 1.98. The minimum absolute atomic E-state index is 0.00379. The number of nitrogens with one attached hydrogen (secondary N) is 2.